The second-order valence-electron chi connectivity index (χ2n) is 4.34. The molecule has 90 valence electrons. The van der Waals surface area contributed by atoms with Crippen LogP contribution in [0.25, 0.3) is 10.6 Å². The van der Waals surface area contributed by atoms with E-state index in [-0.39, 0.29) is 6.04 Å². The van der Waals surface area contributed by atoms with Crippen LogP contribution in [0, 0.1) is 6.92 Å². The first kappa shape index (κ1) is 12.3. The van der Waals surface area contributed by atoms with E-state index in [2.05, 4.69) is 38.1 Å². The minimum absolute atomic E-state index is 0.0704. The summed E-state index contributed by atoms with van der Waals surface area (Å²) in [6.45, 7) is 6.25. The van der Waals surface area contributed by atoms with Crippen LogP contribution < -0.4 is 5.73 Å². The standard InChI is InChI=1S/C14H18N2S/c1-4-12-13(10(3)15)17-14(16-12)11-7-5-6-9(2)8-11/h5-8,10H,4,15H2,1-3H3. The molecule has 2 nitrogen and oxygen atoms in total. The van der Waals surface area contributed by atoms with Gasteiger partial charge in [0.05, 0.1) is 5.69 Å². The lowest BCUT2D eigenvalue weighted by molar-refractivity contribution is 0.814. The molecule has 0 aliphatic heterocycles. The van der Waals surface area contributed by atoms with Crippen LogP contribution in [0.1, 0.15) is 36.0 Å². The van der Waals surface area contributed by atoms with E-state index in [1.54, 1.807) is 11.3 Å². The quantitative estimate of drug-likeness (QED) is 0.896. The van der Waals surface area contributed by atoms with Crippen molar-refractivity contribution in [3.05, 3.63) is 40.4 Å². The number of thiazole rings is 1. The Balaban J connectivity index is 2.46. The molecule has 3 heteroatoms. The first-order chi connectivity index (χ1) is 8.11. The Morgan fingerprint density at radius 2 is 2.18 bits per heavy atom. The minimum atomic E-state index is 0.0704. The second kappa shape index (κ2) is 4.98. The fraction of sp³-hybridized carbons (Fsp3) is 0.357. The Morgan fingerprint density at radius 1 is 1.41 bits per heavy atom. The van der Waals surface area contributed by atoms with Gasteiger partial charge < -0.3 is 5.73 Å². The van der Waals surface area contributed by atoms with Crippen LogP contribution >= 0.6 is 11.3 Å². The van der Waals surface area contributed by atoms with Crippen molar-refractivity contribution in [3.8, 4) is 10.6 Å². The highest BCUT2D eigenvalue weighted by Gasteiger charge is 2.13. The van der Waals surface area contributed by atoms with Crippen LogP contribution in [0.4, 0.5) is 0 Å². The molecule has 2 rings (SSSR count). The zero-order valence-corrected chi connectivity index (χ0v) is 11.3. The van der Waals surface area contributed by atoms with Crippen molar-refractivity contribution in [1.82, 2.24) is 4.98 Å². The predicted molar refractivity (Wildman–Crippen MR) is 74.3 cm³/mol. The molecule has 0 aliphatic rings. The van der Waals surface area contributed by atoms with Crippen molar-refractivity contribution in [2.45, 2.75) is 33.2 Å². The van der Waals surface area contributed by atoms with Crippen LogP contribution in [0.15, 0.2) is 24.3 Å². The van der Waals surface area contributed by atoms with Crippen molar-refractivity contribution in [2.24, 2.45) is 5.73 Å². The van der Waals surface area contributed by atoms with Crippen LogP contribution in [0.5, 0.6) is 0 Å². The highest BCUT2D eigenvalue weighted by molar-refractivity contribution is 7.15. The molecule has 2 aromatic rings. The molecule has 1 atom stereocenters. The molecular weight excluding hydrogens is 228 g/mol. The predicted octanol–water partition coefficient (Wildman–Crippen LogP) is 3.70. The number of rotatable bonds is 3. The van der Waals surface area contributed by atoms with Gasteiger partial charge >= 0.3 is 0 Å². The molecule has 1 unspecified atom stereocenters. The molecule has 0 radical (unpaired) electrons. The largest absolute Gasteiger partial charge is 0.323 e. The second-order valence-corrected chi connectivity index (χ2v) is 5.37. The van der Waals surface area contributed by atoms with Gasteiger partial charge in [0.1, 0.15) is 5.01 Å². The maximum absolute atomic E-state index is 5.98. The lowest BCUT2D eigenvalue weighted by Crippen LogP contribution is -2.05. The maximum Gasteiger partial charge on any atom is 0.123 e. The zero-order valence-electron chi connectivity index (χ0n) is 10.5. The summed E-state index contributed by atoms with van der Waals surface area (Å²) >= 11 is 1.72. The van der Waals surface area contributed by atoms with Gasteiger partial charge in [0.25, 0.3) is 0 Å². The van der Waals surface area contributed by atoms with Crippen molar-refractivity contribution >= 4 is 11.3 Å². The van der Waals surface area contributed by atoms with Crippen LogP contribution in [-0.2, 0) is 6.42 Å². The molecule has 0 saturated heterocycles. The number of aryl methyl sites for hydroxylation is 2. The Bertz CT molecular complexity index is 515. The SMILES string of the molecule is CCc1nc(-c2cccc(C)c2)sc1C(C)N. The molecule has 2 N–H and O–H groups in total. The zero-order chi connectivity index (χ0) is 12.4. The number of nitrogens with two attached hydrogens (primary N) is 1. The third kappa shape index (κ3) is 2.56. The fourth-order valence-electron chi connectivity index (χ4n) is 1.87. The Hall–Kier alpha value is -1.19. The van der Waals surface area contributed by atoms with Gasteiger partial charge in [-0.2, -0.15) is 0 Å². The van der Waals surface area contributed by atoms with Crippen LogP contribution in [0.2, 0.25) is 0 Å². The van der Waals surface area contributed by atoms with Crippen molar-refractivity contribution in [3.63, 3.8) is 0 Å². The van der Waals surface area contributed by atoms with Crippen LogP contribution in [0.3, 0.4) is 0 Å². The maximum atomic E-state index is 5.98. The summed E-state index contributed by atoms with van der Waals surface area (Å²) in [4.78, 5) is 5.91. The van der Waals surface area contributed by atoms with Gasteiger partial charge in [-0.3, -0.25) is 0 Å². The summed E-state index contributed by atoms with van der Waals surface area (Å²) in [5.41, 5.74) is 9.58. The van der Waals surface area contributed by atoms with Gasteiger partial charge in [-0.05, 0) is 26.3 Å². The van der Waals surface area contributed by atoms with E-state index in [1.807, 2.05) is 6.92 Å². The smallest absolute Gasteiger partial charge is 0.123 e. The summed E-state index contributed by atoms with van der Waals surface area (Å²) in [6.07, 6.45) is 0.944. The van der Waals surface area contributed by atoms with Gasteiger partial charge in [0.15, 0.2) is 0 Å². The van der Waals surface area contributed by atoms with Gasteiger partial charge in [-0.25, -0.2) is 4.98 Å². The van der Waals surface area contributed by atoms with E-state index in [0.29, 0.717) is 0 Å². The molecule has 1 heterocycles. The number of hydrogen-bond donors (Lipinski definition) is 1. The van der Waals surface area contributed by atoms with E-state index >= 15 is 0 Å². The van der Waals surface area contributed by atoms with Crippen molar-refractivity contribution < 1.29 is 0 Å². The lowest BCUT2D eigenvalue weighted by Gasteiger charge is -2.01. The molecule has 0 amide bonds. The summed E-state index contributed by atoms with van der Waals surface area (Å²) < 4.78 is 0. The number of aromatic nitrogens is 1. The van der Waals surface area contributed by atoms with Gasteiger partial charge in [-0.15, -0.1) is 11.3 Å². The van der Waals surface area contributed by atoms with E-state index in [9.17, 15) is 0 Å². The normalized spacial score (nSPS) is 12.7. The topological polar surface area (TPSA) is 38.9 Å². The third-order valence-electron chi connectivity index (χ3n) is 2.74. The molecule has 1 aromatic heterocycles. The first-order valence-corrected chi connectivity index (χ1v) is 6.75. The van der Waals surface area contributed by atoms with Gasteiger partial charge in [0.2, 0.25) is 0 Å². The fourth-order valence-corrected chi connectivity index (χ4v) is 2.98. The minimum Gasteiger partial charge on any atom is -0.323 e. The highest BCUT2D eigenvalue weighted by Crippen LogP contribution is 2.31. The molecule has 0 saturated carbocycles. The van der Waals surface area contributed by atoms with E-state index in [0.717, 1.165) is 17.1 Å². The summed E-state index contributed by atoms with van der Waals surface area (Å²) in [5.74, 6) is 0. The average Bonchev–Trinajstić information content (AvgIpc) is 2.73. The molecule has 17 heavy (non-hydrogen) atoms. The molecule has 1 aromatic carbocycles. The molecular formula is C14H18N2S. The van der Waals surface area contributed by atoms with Gasteiger partial charge in [-0.1, -0.05) is 30.7 Å². The number of nitrogens with zero attached hydrogens (tertiary/aromatic N) is 1. The summed E-state index contributed by atoms with van der Waals surface area (Å²) in [6, 6.07) is 8.52. The average molecular weight is 246 g/mol. The highest BCUT2D eigenvalue weighted by atomic mass is 32.1. The first-order valence-electron chi connectivity index (χ1n) is 5.94. The van der Waals surface area contributed by atoms with Crippen molar-refractivity contribution in [2.75, 3.05) is 0 Å². The third-order valence-corrected chi connectivity index (χ3v) is 4.09. The van der Waals surface area contributed by atoms with E-state index < -0.39 is 0 Å². The van der Waals surface area contributed by atoms with E-state index in [1.165, 1.54) is 16.0 Å². The monoisotopic (exact) mass is 246 g/mol. The summed E-state index contributed by atoms with van der Waals surface area (Å²) in [7, 11) is 0. The van der Waals surface area contributed by atoms with Gasteiger partial charge in [0, 0.05) is 16.5 Å². The Labute approximate surface area is 107 Å². The number of benzene rings is 1. The van der Waals surface area contributed by atoms with Crippen LogP contribution in [-0.4, -0.2) is 4.98 Å². The molecule has 0 aliphatic carbocycles. The lowest BCUT2D eigenvalue weighted by atomic mass is 10.1. The Morgan fingerprint density at radius 3 is 2.71 bits per heavy atom. The number of hydrogen-bond acceptors (Lipinski definition) is 3. The Kier molecular flexibility index (Phi) is 3.60. The van der Waals surface area contributed by atoms with E-state index in [4.69, 9.17) is 10.7 Å². The molecule has 0 bridgehead atoms. The summed E-state index contributed by atoms with van der Waals surface area (Å²) in [5, 5.41) is 1.08. The molecule has 0 spiro atoms. The molecule has 0 fully saturated rings. The van der Waals surface area contributed by atoms with Crippen molar-refractivity contribution in [1.29, 1.82) is 0 Å².